The number of aliphatic hydroxyl groups is 1. The van der Waals surface area contributed by atoms with E-state index in [9.17, 15) is 27.1 Å². The SMILES string of the molecule is OC(Cn1cnnn1)(c1ccc(F)cc1F)C(F)(F)c1ccc(-c2ccc(OCC(F)(F)F)cc2)nc1. The molecule has 1 atom stereocenters. The normalized spacial score (nSPS) is 13.8. The lowest BCUT2D eigenvalue weighted by atomic mass is 9.83. The van der Waals surface area contributed by atoms with Crippen molar-refractivity contribution in [2.75, 3.05) is 6.61 Å². The van der Waals surface area contributed by atoms with Crippen molar-refractivity contribution in [2.24, 2.45) is 0 Å². The Morgan fingerprint density at radius 2 is 1.65 bits per heavy atom. The zero-order chi connectivity index (χ0) is 26.8. The van der Waals surface area contributed by atoms with Gasteiger partial charge >= 0.3 is 12.1 Å². The molecule has 37 heavy (non-hydrogen) atoms. The molecule has 4 rings (SSSR count). The summed E-state index contributed by atoms with van der Waals surface area (Å²) in [5.41, 5.74) is -4.41. The van der Waals surface area contributed by atoms with Crippen molar-refractivity contribution < 1.29 is 40.6 Å². The molecule has 0 radical (unpaired) electrons. The fourth-order valence-electron chi connectivity index (χ4n) is 3.54. The monoisotopic (exact) mass is 527 g/mol. The number of pyridine rings is 1. The highest BCUT2D eigenvalue weighted by Crippen LogP contribution is 2.47. The third-order valence-corrected chi connectivity index (χ3v) is 5.36. The average molecular weight is 527 g/mol. The van der Waals surface area contributed by atoms with Crippen LogP contribution in [0.1, 0.15) is 11.1 Å². The minimum Gasteiger partial charge on any atom is -0.484 e. The smallest absolute Gasteiger partial charge is 0.422 e. The molecule has 0 aliphatic heterocycles. The maximum atomic E-state index is 15.8. The van der Waals surface area contributed by atoms with Crippen molar-refractivity contribution in [3.63, 3.8) is 0 Å². The molecule has 194 valence electrons. The Kier molecular flexibility index (Phi) is 6.86. The molecule has 2 aromatic heterocycles. The van der Waals surface area contributed by atoms with Crippen LogP contribution in [0.25, 0.3) is 11.3 Å². The Morgan fingerprint density at radius 3 is 2.22 bits per heavy atom. The lowest BCUT2D eigenvalue weighted by Gasteiger charge is -2.36. The van der Waals surface area contributed by atoms with Gasteiger partial charge in [0.05, 0.1) is 12.2 Å². The van der Waals surface area contributed by atoms with Gasteiger partial charge in [0.2, 0.25) is 0 Å². The van der Waals surface area contributed by atoms with Gasteiger partial charge in [0.25, 0.3) is 0 Å². The Labute approximate surface area is 204 Å². The number of benzene rings is 2. The highest BCUT2D eigenvalue weighted by atomic mass is 19.4. The summed E-state index contributed by atoms with van der Waals surface area (Å²) in [5, 5.41) is 21.3. The van der Waals surface area contributed by atoms with Gasteiger partial charge in [-0.05, 0) is 59.0 Å². The van der Waals surface area contributed by atoms with Crippen molar-refractivity contribution in [1.29, 1.82) is 0 Å². The van der Waals surface area contributed by atoms with E-state index in [2.05, 4.69) is 25.2 Å². The maximum Gasteiger partial charge on any atom is 0.422 e. The molecule has 0 spiro atoms. The summed E-state index contributed by atoms with van der Waals surface area (Å²) < 4.78 is 102. The zero-order valence-corrected chi connectivity index (χ0v) is 18.5. The summed E-state index contributed by atoms with van der Waals surface area (Å²) in [4.78, 5) is 3.96. The molecule has 2 heterocycles. The molecule has 14 heteroatoms. The van der Waals surface area contributed by atoms with E-state index in [-0.39, 0.29) is 11.4 Å². The van der Waals surface area contributed by atoms with E-state index < -0.39 is 53.6 Å². The first-order valence-corrected chi connectivity index (χ1v) is 10.4. The number of nitrogens with zero attached hydrogens (tertiary/aromatic N) is 5. The van der Waals surface area contributed by atoms with Gasteiger partial charge < -0.3 is 9.84 Å². The number of alkyl halides is 5. The molecule has 1 unspecified atom stereocenters. The van der Waals surface area contributed by atoms with Crippen molar-refractivity contribution in [3.8, 4) is 17.0 Å². The molecule has 2 aromatic carbocycles. The topological polar surface area (TPSA) is 86.0 Å². The Morgan fingerprint density at radius 1 is 0.919 bits per heavy atom. The quantitative estimate of drug-likeness (QED) is 0.337. The van der Waals surface area contributed by atoms with Gasteiger partial charge in [0.1, 0.15) is 23.7 Å². The van der Waals surface area contributed by atoms with Gasteiger partial charge in [-0.2, -0.15) is 22.0 Å². The van der Waals surface area contributed by atoms with Crippen LogP contribution in [0.4, 0.5) is 30.7 Å². The zero-order valence-electron chi connectivity index (χ0n) is 18.5. The Hall–Kier alpha value is -4.07. The van der Waals surface area contributed by atoms with Crippen LogP contribution in [-0.4, -0.2) is 43.1 Å². The van der Waals surface area contributed by atoms with Crippen LogP contribution >= 0.6 is 0 Å². The standard InChI is InChI=1S/C23H16F7N5O2/c24-16-4-7-18(19(25)9-16)21(36,11-35-13-32-33-34-35)23(29,30)15-3-8-20(31-10-15)14-1-5-17(6-2-14)37-12-22(26,27)28/h1-10,13,36H,11-12H2. The lowest BCUT2D eigenvalue weighted by Crippen LogP contribution is -2.47. The van der Waals surface area contributed by atoms with Crippen LogP contribution in [0, 0.1) is 11.6 Å². The van der Waals surface area contributed by atoms with Crippen LogP contribution < -0.4 is 4.74 Å². The summed E-state index contributed by atoms with van der Waals surface area (Å²) in [6.07, 6.45) is -2.81. The van der Waals surface area contributed by atoms with Gasteiger partial charge in [-0.15, -0.1) is 5.10 Å². The third-order valence-electron chi connectivity index (χ3n) is 5.36. The Balaban J connectivity index is 1.64. The highest BCUT2D eigenvalue weighted by molar-refractivity contribution is 5.60. The molecule has 0 bridgehead atoms. The summed E-state index contributed by atoms with van der Waals surface area (Å²) in [6, 6.07) is 9.20. The first kappa shape index (κ1) is 26.0. The van der Waals surface area contributed by atoms with Gasteiger partial charge in [-0.25, -0.2) is 13.5 Å². The van der Waals surface area contributed by atoms with Crippen molar-refractivity contribution >= 4 is 0 Å². The fraction of sp³-hybridized carbons (Fsp3) is 0.217. The second-order valence-electron chi connectivity index (χ2n) is 7.93. The van der Waals surface area contributed by atoms with Gasteiger partial charge in [-0.3, -0.25) is 4.98 Å². The minimum atomic E-state index is -4.51. The van der Waals surface area contributed by atoms with E-state index in [1.54, 1.807) is 0 Å². The van der Waals surface area contributed by atoms with E-state index >= 15 is 8.78 Å². The van der Waals surface area contributed by atoms with Gasteiger partial charge in [0.15, 0.2) is 12.2 Å². The number of hydrogen-bond acceptors (Lipinski definition) is 6. The predicted octanol–water partition coefficient (Wildman–Crippen LogP) is 4.63. The molecule has 0 saturated heterocycles. The van der Waals surface area contributed by atoms with Gasteiger partial charge in [-0.1, -0.05) is 0 Å². The van der Waals surface area contributed by atoms with Crippen molar-refractivity contribution in [3.05, 3.63) is 89.9 Å². The van der Waals surface area contributed by atoms with Crippen molar-refractivity contribution in [2.45, 2.75) is 24.2 Å². The highest BCUT2D eigenvalue weighted by Gasteiger charge is 2.57. The van der Waals surface area contributed by atoms with Crippen LogP contribution in [0.5, 0.6) is 5.75 Å². The molecule has 1 N–H and O–H groups in total. The first-order chi connectivity index (χ1) is 17.4. The van der Waals surface area contributed by atoms with Gasteiger partial charge in [0, 0.05) is 29.0 Å². The van der Waals surface area contributed by atoms with Crippen LogP contribution in [0.2, 0.25) is 0 Å². The molecular formula is C23H16F7N5O2. The number of tetrazole rings is 1. The molecule has 0 aliphatic carbocycles. The summed E-state index contributed by atoms with van der Waals surface area (Å²) >= 11 is 0. The van der Waals surface area contributed by atoms with E-state index in [1.165, 1.54) is 30.3 Å². The first-order valence-electron chi connectivity index (χ1n) is 10.4. The fourth-order valence-corrected chi connectivity index (χ4v) is 3.54. The number of rotatable bonds is 8. The molecular weight excluding hydrogens is 511 g/mol. The summed E-state index contributed by atoms with van der Waals surface area (Å²) in [7, 11) is 0. The largest absolute Gasteiger partial charge is 0.484 e. The minimum absolute atomic E-state index is 0.0572. The molecule has 0 amide bonds. The van der Waals surface area contributed by atoms with E-state index in [0.29, 0.717) is 17.7 Å². The van der Waals surface area contributed by atoms with Crippen LogP contribution in [-0.2, 0) is 18.1 Å². The number of aromatic nitrogens is 5. The maximum absolute atomic E-state index is 15.8. The van der Waals surface area contributed by atoms with Crippen LogP contribution in [0.15, 0.2) is 67.1 Å². The summed E-state index contributed by atoms with van der Waals surface area (Å²) in [5.74, 6) is -6.68. The number of halogens is 7. The molecule has 4 aromatic rings. The van der Waals surface area contributed by atoms with Crippen LogP contribution in [0.3, 0.4) is 0 Å². The molecule has 0 fully saturated rings. The second kappa shape index (κ2) is 9.76. The molecule has 0 saturated carbocycles. The number of hydrogen-bond donors (Lipinski definition) is 1. The van der Waals surface area contributed by atoms with E-state index in [0.717, 1.165) is 29.3 Å². The number of ether oxygens (including phenoxy) is 1. The molecule has 0 aliphatic rings. The average Bonchev–Trinajstić information content (AvgIpc) is 3.35. The van der Waals surface area contributed by atoms with Crippen molar-refractivity contribution in [1.82, 2.24) is 25.2 Å². The summed E-state index contributed by atoms with van der Waals surface area (Å²) in [6.45, 7) is -2.46. The second-order valence-corrected chi connectivity index (χ2v) is 7.93. The third kappa shape index (κ3) is 5.53. The lowest BCUT2D eigenvalue weighted by molar-refractivity contribution is -0.205. The Bertz CT molecular complexity index is 1350. The predicted molar refractivity (Wildman–Crippen MR) is 113 cm³/mol. The van der Waals surface area contributed by atoms with E-state index in [4.69, 9.17) is 0 Å². The van der Waals surface area contributed by atoms with E-state index in [1.807, 2.05) is 0 Å². The molecule has 7 nitrogen and oxygen atoms in total.